The van der Waals surface area contributed by atoms with Crippen LogP contribution in [0.2, 0.25) is 5.02 Å². The van der Waals surface area contributed by atoms with Crippen molar-refractivity contribution in [3.63, 3.8) is 0 Å². The third-order valence-electron chi connectivity index (χ3n) is 5.89. The lowest BCUT2D eigenvalue weighted by Crippen LogP contribution is -2.51. The number of benzene rings is 3. The number of hydrogen-bond acceptors (Lipinski definition) is 4. The van der Waals surface area contributed by atoms with Gasteiger partial charge in [-0.15, -0.1) is 0 Å². The van der Waals surface area contributed by atoms with E-state index in [-0.39, 0.29) is 29.7 Å². The van der Waals surface area contributed by atoms with Crippen molar-refractivity contribution >= 4 is 49.1 Å². The fourth-order valence-corrected chi connectivity index (χ4v) is 5.74. The van der Waals surface area contributed by atoms with E-state index in [4.69, 9.17) is 11.6 Å². The summed E-state index contributed by atoms with van der Waals surface area (Å²) in [7, 11) is -3.96. The quantitative estimate of drug-likeness (QED) is 0.404. The predicted octanol–water partition coefficient (Wildman–Crippen LogP) is 4.78. The van der Waals surface area contributed by atoms with Gasteiger partial charge in [-0.05, 0) is 60.2 Å². The molecule has 1 aliphatic heterocycles. The summed E-state index contributed by atoms with van der Waals surface area (Å²) in [5, 5.41) is 0.434. The lowest BCUT2D eigenvalue weighted by Gasteiger charge is -2.37. The fraction of sp³-hybridized carbons (Fsp3) is 0.240. The first kappa shape index (κ1) is 25.6. The number of piperazine rings is 1. The van der Waals surface area contributed by atoms with Gasteiger partial charge in [0.15, 0.2) is 0 Å². The molecule has 0 N–H and O–H groups in total. The summed E-state index contributed by atoms with van der Waals surface area (Å²) in [6.45, 7) is 1.69. The monoisotopic (exact) mass is 579 g/mol. The van der Waals surface area contributed by atoms with Gasteiger partial charge in [-0.2, -0.15) is 4.31 Å². The molecule has 0 aromatic heterocycles. The van der Waals surface area contributed by atoms with Crippen LogP contribution in [0.5, 0.6) is 0 Å². The topological polar surface area (TPSA) is 60.9 Å². The van der Waals surface area contributed by atoms with E-state index in [1.54, 1.807) is 53.4 Å². The van der Waals surface area contributed by atoms with Crippen molar-refractivity contribution in [3.05, 3.63) is 93.7 Å². The van der Waals surface area contributed by atoms with Crippen molar-refractivity contribution in [2.45, 2.75) is 11.4 Å². The number of sulfonamides is 1. The number of rotatable bonds is 7. The minimum atomic E-state index is -3.96. The van der Waals surface area contributed by atoms with Crippen LogP contribution in [-0.2, 0) is 21.4 Å². The Morgan fingerprint density at radius 2 is 1.57 bits per heavy atom. The van der Waals surface area contributed by atoms with E-state index < -0.39 is 10.0 Å². The van der Waals surface area contributed by atoms with Gasteiger partial charge in [-0.3, -0.25) is 4.79 Å². The molecule has 0 bridgehead atoms. The highest BCUT2D eigenvalue weighted by Crippen LogP contribution is 2.24. The van der Waals surface area contributed by atoms with E-state index in [1.807, 2.05) is 0 Å². The summed E-state index contributed by atoms with van der Waals surface area (Å²) in [6, 6.07) is 19.5. The molecule has 35 heavy (non-hydrogen) atoms. The molecule has 0 saturated carbocycles. The molecule has 0 aliphatic carbocycles. The molecule has 10 heteroatoms. The van der Waals surface area contributed by atoms with Crippen LogP contribution in [-0.4, -0.2) is 56.3 Å². The standard InChI is InChI=1S/C25H24BrClFN3O3S/c26-20-5-11-23(12-6-20)35(33,34)31(17-19-3-1-2-4-24(19)27)18-25(32)30-15-13-29(14-16-30)22-9-7-21(28)8-10-22/h1-12H,13-18H2. The molecule has 1 fully saturated rings. The number of nitrogens with zero attached hydrogens (tertiary/aromatic N) is 3. The van der Waals surface area contributed by atoms with E-state index in [9.17, 15) is 17.6 Å². The summed E-state index contributed by atoms with van der Waals surface area (Å²) in [5.74, 6) is -0.579. The Morgan fingerprint density at radius 1 is 0.943 bits per heavy atom. The molecule has 0 radical (unpaired) electrons. The largest absolute Gasteiger partial charge is 0.368 e. The van der Waals surface area contributed by atoms with Crippen LogP contribution in [0.25, 0.3) is 0 Å². The van der Waals surface area contributed by atoms with E-state index in [1.165, 1.54) is 28.6 Å². The van der Waals surface area contributed by atoms with E-state index >= 15 is 0 Å². The second-order valence-electron chi connectivity index (χ2n) is 8.16. The van der Waals surface area contributed by atoms with Crippen LogP contribution in [0.1, 0.15) is 5.56 Å². The second-order valence-corrected chi connectivity index (χ2v) is 11.4. The summed E-state index contributed by atoms with van der Waals surface area (Å²) >= 11 is 9.62. The Hall–Kier alpha value is -2.46. The van der Waals surface area contributed by atoms with Gasteiger partial charge in [0.1, 0.15) is 5.82 Å². The third kappa shape index (κ3) is 6.22. The number of halogens is 3. The number of hydrogen-bond donors (Lipinski definition) is 0. The molecule has 1 heterocycles. The first-order valence-corrected chi connectivity index (χ1v) is 13.6. The third-order valence-corrected chi connectivity index (χ3v) is 8.60. The van der Waals surface area contributed by atoms with Gasteiger partial charge in [-0.25, -0.2) is 12.8 Å². The molecule has 0 spiro atoms. The molecular formula is C25H24BrClFN3O3S. The normalized spacial score (nSPS) is 14.4. The number of carbonyl (C=O) groups is 1. The van der Waals surface area contributed by atoms with Crippen molar-refractivity contribution in [2.24, 2.45) is 0 Å². The SMILES string of the molecule is O=C(CN(Cc1ccccc1Cl)S(=O)(=O)c1ccc(Br)cc1)N1CCN(c2ccc(F)cc2)CC1. The van der Waals surface area contributed by atoms with Crippen molar-refractivity contribution in [2.75, 3.05) is 37.6 Å². The van der Waals surface area contributed by atoms with Gasteiger partial charge in [0.2, 0.25) is 15.9 Å². The lowest BCUT2D eigenvalue weighted by atomic mass is 10.2. The Kier molecular flexibility index (Phi) is 8.11. The highest BCUT2D eigenvalue weighted by atomic mass is 79.9. The molecule has 3 aromatic carbocycles. The van der Waals surface area contributed by atoms with Gasteiger partial charge in [0.05, 0.1) is 11.4 Å². The molecule has 6 nitrogen and oxygen atoms in total. The Morgan fingerprint density at radius 3 is 2.20 bits per heavy atom. The zero-order valence-electron chi connectivity index (χ0n) is 18.8. The van der Waals surface area contributed by atoms with Crippen molar-refractivity contribution in [1.29, 1.82) is 0 Å². The van der Waals surface area contributed by atoms with Crippen molar-refractivity contribution < 1.29 is 17.6 Å². The first-order chi connectivity index (χ1) is 16.7. The molecule has 0 atom stereocenters. The van der Waals surface area contributed by atoms with Crippen LogP contribution in [0.15, 0.2) is 82.2 Å². The van der Waals surface area contributed by atoms with Crippen molar-refractivity contribution in [1.82, 2.24) is 9.21 Å². The van der Waals surface area contributed by atoms with Crippen LogP contribution in [0, 0.1) is 5.82 Å². The number of carbonyl (C=O) groups excluding carboxylic acids is 1. The highest BCUT2D eigenvalue weighted by Gasteiger charge is 2.30. The van der Waals surface area contributed by atoms with Gasteiger partial charge in [0, 0.05) is 47.9 Å². The van der Waals surface area contributed by atoms with E-state index in [0.29, 0.717) is 36.8 Å². The summed E-state index contributed by atoms with van der Waals surface area (Å²) in [6.07, 6.45) is 0. The minimum Gasteiger partial charge on any atom is -0.368 e. The van der Waals surface area contributed by atoms with Gasteiger partial charge < -0.3 is 9.80 Å². The lowest BCUT2D eigenvalue weighted by molar-refractivity contribution is -0.131. The maximum atomic E-state index is 13.5. The Balaban J connectivity index is 1.50. The molecule has 184 valence electrons. The zero-order chi connectivity index (χ0) is 25.0. The van der Waals surface area contributed by atoms with Gasteiger partial charge in [-0.1, -0.05) is 45.7 Å². The Bertz CT molecular complexity index is 1280. The summed E-state index contributed by atoms with van der Waals surface area (Å²) in [4.78, 5) is 17.0. The molecule has 1 amide bonds. The average molecular weight is 581 g/mol. The molecule has 1 aliphatic rings. The van der Waals surface area contributed by atoms with Gasteiger partial charge >= 0.3 is 0 Å². The molecule has 0 unspecified atom stereocenters. The van der Waals surface area contributed by atoms with Gasteiger partial charge in [0.25, 0.3) is 0 Å². The minimum absolute atomic E-state index is 0.0284. The van der Waals surface area contributed by atoms with Crippen LogP contribution < -0.4 is 4.90 Å². The molecule has 1 saturated heterocycles. The van der Waals surface area contributed by atoms with Crippen LogP contribution >= 0.6 is 27.5 Å². The number of amides is 1. The first-order valence-electron chi connectivity index (χ1n) is 11.0. The molecule has 3 aromatic rings. The average Bonchev–Trinajstić information content (AvgIpc) is 2.85. The highest BCUT2D eigenvalue weighted by molar-refractivity contribution is 9.10. The summed E-state index contributed by atoms with van der Waals surface area (Å²) in [5.41, 5.74) is 1.50. The fourth-order valence-electron chi connectivity index (χ4n) is 3.91. The maximum absolute atomic E-state index is 13.5. The zero-order valence-corrected chi connectivity index (χ0v) is 21.9. The molecule has 4 rings (SSSR count). The predicted molar refractivity (Wildman–Crippen MR) is 138 cm³/mol. The Labute approximate surface area is 218 Å². The molecular weight excluding hydrogens is 557 g/mol. The van der Waals surface area contributed by atoms with E-state index in [2.05, 4.69) is 20.8 Å². The van der Waals surface area contributed by atoms with Crippen LogP contribution in [0.3, 0.4) is 0 Å². The van der Waals surface area contributed by atoms with Crippen LogP contribution in [0.4, 0.5) is 10.1 Å². The van der Waals surface area contributed by atoms with Crippen molar-refractivity contribution in [3.8, 4) is 0 Å². The smallest absolute Gasteiger partial charge is 0.243 e. The maximum Gasteiger partial charge on any atom is 0.243 e. The second kappa shape index (κ2) is 11.1. The number of anilines is 1. The summed E-state index contributed by atoms with van der Waals surface area (Å²) < 4.78 is 42.2. The van der Waals surface area contributed by atoms with E-state index in [0.717, 1.165) is 10.2 Å².